The molecule has 1 aliphatic carbocycles. The molecule has 4 unspecified atom stereocenters. The average Bonchev–Trinajstić information content (AvgIpc) is 2.07. The molecule has 0 aromatic rings. The molecule has 0 spiro atoms. The van der Waals surface area contributed by atoms with Crippen LogP contribution in [0.5, 0.6) is 0 Å². The highest BCUT2D eigenvalue weighted by Crippen LogP contribution is 2.36. The van der Waals surface area contributed by atoms with Gasteiger partial charge in [0.15, 0.2) is 0 Å². The van der Waals surface area contributed by atoms with Crippen LogP contribution >= 0.6 is 0 Å². The maximum absolute atomic E-state index is 3.67. The largest absolute Gasteiger partial charge is 0.314 e. The molecule has 1 saturated carbocycles. The van der Waals surface area contributed by atoms with Gasteiger partial charge in [0.2, 0.25) is 0 Å². The normalized spacial score (nSPS) is 48.5. The lowest BCUT2D eigenvalue weighted by Crippen LogP contribution is -2.48. The molecule has 2 rings (SSSR count). The van der Waals surface area contributed by atoms with Crippen LogP contribution in [-0.4, -0.2) is 12.6 Å². The number of rotatable bonds is 0. The lowest BCUT2D eigenvalue weighted by molar-refractivity contribution is 0.122. The molecule has 70 valence electrons. The molecule has 0 aromatic carbocycles. The summed E-state index contributed by atoms with van der Waals surface area (Å²) >= 11 is 0. The zero-order chi connectivity index (χ0) is 8.55. The second kappa shape index (κ2) is 3.37. The molecule has 1 heterocycles. The topological polar surface area (TPSA) is 12.0 Å². The summed E-state index contributed by atoms with van der Waals surface area (Å²) in [6.45, 7) is 6.12. The first-order chi connectivity index (χ1) is 5.77. The van der Waals surface area contributed by atoms with Gasteiger partial charge in [-0.15, -0.1) is 0 Å². The molecular weight excluding hydrogens is 146 g/mol. The van der Waals surface area contributed by atoms with E-state index in [1.807, 2.05) is 0 Å². The molecule has 0 amide bonds. The predicted octanol–water partition coefficient (Wildman–Crippen LogP) is 2.42. The van der Waals surface area contributed by atoms with Crippen LogP contribution in [0.3, 0.4) is 0 Å². The summed E-state index contributed by atoms with van der Waals surface area (Å²) in [7, 11) is 0. The van der Waals surface area contributed by atoms with Crippen LogP contribution < -0.4 is 5.32 Å². The van der Waals surface area contributed by atoms with E-state index >= 15 is 0 Å². The Kier molecular flexibility index (Phi) is 2.40. The van der Waals surface area contributed by atoms with Gasteiger partial charge in [0.25, 0.3) is 0 Å². The van der Waals surface area contributed by atoms with Crippen molar-refractivity contribution in [2.24, 2.45) is 17.8 Å². The zero-order valence-corrected chi connectivity index (χ0v) is 8.34. The third-order valence-corrected chi connectivity index (χ3v) is 3.90. The molecule has 1 N–H and O–H groups in total. The van der Waals surface area contributed by atoms with E-state index in [-0.39, 0.29) is 0 Å². The van der Waals surface area contributed by atoms with Gasteiger partial charge in [0, 0.05) is 6.04 Å². The van der Waals surface area contributed by atoms with Crippen molar-refractivity contribution in [1.82, 2.24) is 5.32 Å². The minimum Gasteiger partial charge on any atom is -0.314 e. The minimum atomic E-state index is 0.866. The van der Waals surface area contributed by atoms with Crippen molar-refractivity contribution in [1.29, 1.82) is 0 Å². The Hall–Kier alpha value is -0.0400. The Morgan fingerprint density at radius 3 is 2.75 bits per heavy atom. The highest BCUT2D eigenvalue weighted by molar-refractivity contribution is 4.89. The molecule has 1 nitrogen and oxygen atoms in total. The van der Waals surface area contributed by atoms with Gasteiger partial charge in [0.1, 0.15) is 0 Å². The molecule has 1 aliphatic heterocycles. The summed E-state index contributed by atoms with van der Waals surface area (Å²) in [5.41, 5.74) is 0. The van der Waals surface area contributed by atoms with Gasteiger partial charge in [-0.1, -0.05) is 13.8 Å². The van der Waals surface area contributed by atoms with E-state index in [9.17, 15) is 0 Å². The monoisotopic (exact) mass is 167 g/mol. The first-order valence-corrected chi connectivity index (χ1v) is 5.50. The van der Waals surface area contributed by atoms with Crippen LogP contribution in [0.15, 0.2) is 0 Å². The van der Waals surface area contributed by atoms with E-state index in [1.165, 1.54) is 32.2 Å². The maximum atomic E-state index is 3.67. The van der Waals surface area contributed by atoms with Crippen molar-refractivity contribution >= 4 is 0 Å². The molecule has 12 heavy (non-hydrogen) atoms. The van der Waals surface area contributed by atoms with Gasteiger partial charge in [-0.3, -0.25) is 0 Å². The molecule has 0 bridgehead atoms. The summed E-state index contributed by atoms with van der Waals surface area (Å²) in [4.78, 5) is 0. The number of hydrogen-bond acceptors (Lipinski definition) is 1. The number of nitrogens with one attached hydrogen (secondary N) is 1. The standard InChI is InChI=1S/C11H21N/c1-8-3-4-11-10(7-8)9(2)5-6-12-11/h8-12H,3-7H2,1-2H3. The second-order valence-corrected chi connectivity index (χ2v) is 4.91. The molecule has 2 aliphatic rings. The average molecular weight is 167 g/mol. The molecule has 4 atom stereocenters. The summed E-state index contributed by atoms with van der Waals surface area (Å²) in [6.07, 6.45) is 5.74. The van der Waals surface area contributed by atoms with Crippen LogP contribution in [0.1, 0.15) is 39.5 Å². The number of piperidine rings is 1. The van der Waals surface area contributed by atoms with E-state index in [0.717, 1.165) is 23.8 Å². The van der Waals surface area contributed by atoms with Gasteiger partial charge in [-0.25, -0.2) is 0 Å². The van der Waals surface area contributed by atoms with Crippen LogP contribution in [0.25, 0.3) is 0 Å². The Morgan fingerprint density at radius 2 is 1.92 bits per heavy atom. The predicted molar refractivity (Wildman–Crippen MR) is 52.1 cm³/mol. The van der Waals surface area contributed by atoms with Gasteiger partial charge >= 0.3 is 0 Å². The van der Waals surface area contributed by atoms with Crippen LogP contribution in [0, 0.1) is 17.8 Å². The number of hydrogen-bond donors (Lipinski definition) is 1. The third-order valence-electron chi connectivity index (χ3n) is 3.90. The van der Waals surface area contributed by atoms with Crippen LogP contribution in [0.2, 0.25) is 0 Å². The second-order valence-electron chi connectivity index (χ2n) is 4.91. The van der Waals surface area contributed by atoms with Gasteiger partial charge < -0.3 is 5.32 Å². The molecule has 0 radical (unpaired) electrons. The highest BCUT2D eigenvalue weighted by Gasteiger charge is 2.34. The quantitative estimate of drug-likeness (QED) is 0.584. The first-order valence-electron chi connectivity index (χ1n) is 5.50. The summed E-state index contributed by atoms with van der Waals surface area (Å²) in [6, 6.07) is 0.866. The Labute approximate surface area is 75.9 Å². The minimum absolute atomic E-state index is 0.866. The summed E-state index contributed by atoms with van der Waals surface area (Å²) in [5.74, 6) is 2.94. The molecule has 1 saturated heterocycles. The Balaban J connectivity index is 2.00. The maximum Gasteiger partial charge on any atom is 0.00980 e. The zero-order valence-electron chi connectivity index (χ0n) is 8.34. The van der Waals surface area contributed by atoms with Gasteiger partial charge in [0.05, 0.1) is 0 Å². The molecule has 2 fully saturated rings. The lowest BCUT2D eigenvalue weighted by Gasteiger charge is -2.42. The van der Waals surface area contributed by atoms with E-state index in [1.54, 1.807) is 0 Å². The molecule has 1 heteroatoms. The van der Waals surface area contributed by atoms with E-state index in [0.29, 0.717) is 0 Å². The van der Waals surface area contributed by atoms with Crippen LogP contribution in [0.4, 0.5) is 0 Å². The Bertz CT molecular complexity index is 155. The SMILES string of the molecule is CC1CCC2NCCC(C)C2C1. The van der Waals surface area contributed by atoms with Crippen molar-refractivity contribution < 1.29 is 0 Å². The highest BCUT2D eigenvalue weighted by atomic mass is 14.9. The van der Waals surface area contributed by atoms with Gasteiger partial charge in [-0.05, 0) is 50.0 Å². The van der Waals surface area contributed by atoms with E-state index in [2.05, 4.69) is 19.2 Å². The molecular formula is C11H21N. The Morgan fingerprint density at radius 1 is 1.08 bits per heavy atom. The fourth-order valence-corrected chi connectivity index (χ4v) is 3.02. The fraction of sp³-hybridized carbons (Fsp3) is 1.00. The third kappa shape index (κ3) is 1.52. The van der Waals surface area contributed by atoms with Crippen molar-refractivity contribution in [2.75, 3.05) is 6.54 Å². The van der Waals surface area contributed by atoms with Crippen molar-refractivity contribution in [3.63, 3.8) is 0 Å². The number of fused-ring (bicyclic) bond motifs is 1. The smallest absolute Gasteiger partial charge is 0.00980 e. The summed E-state index contributed by atoms with van der Waals surface area (Å²) < 4.78 is 0. The van der Waals surface area contributed by atoms with E-state index in [4.69, 9.17) is 0 Å². The molecule has 0 aromatic heterocycles. The lowest BCUT2D eigenvalue weighted by atomic mass is 9.70. The fourth-order valence-electron chi connectivity index (χ4n) is 3.02. The van der Waals surface area contributed by atoms with E-state index < -0.39 is 0 Å². The van der Waals surface area contributed by atoms with Crippen molar-refractivity contribution in [3.8, 4) is 0 Å². The van der Waals surface area contributed by atoms with Gasteiger partial charge in [-0.2, -0.15) is 0 Å². The van der Waals surface area contributed by atoms with Crippen molar-refractivity contribution in [3.05, 3.63) is 0 Å². The van der Waals surface area contributed by atoms with Crippen molar-refractivity contribution in [2.45, 2.75) is 45.6 Å². The van der Waals surface area contributed by atoms with Crippen LogP contribution in [-0.2, 0) is 0 Å². The first kappa shape index (κ1) is 8.55. The summed E-state index contributed by atoms with van der Waals surface area (Å²) in [5, 5.41) is 3.67.